The van der Waals surface area contributed by atoms with Gasteiger partial charge in [0.05, 0.1) is 4.92 Å². The van der Waals surface area contributed by atoms with Crippen LogP contribution in [0.3, 0.4) is 0 Å². The van der Waals surface area contributed by atoms with Crippen LogP contribution in [-0.4, -0.2) is 24.2 Å². The van der Waals surface area contributed by atoms with Crippen molar-refractivity contribution in [2.45, 2.75) is 11.4 Å². The van der Waals surface area contributed by atoms with Gasteiger partial charge >= 0.3 is 0 Å². The third kappa shape index (κ3) is 3.97. The molecule has 0 spiro atoms. The molecule has 9 heteroatoms. The largest absolute Gasteiger partial charge is 0.290 e. The van der Waals surface area contributed by atoms with Gasteiger partial charge in [-0.2, -0.15) is 4.31 Å². The average Bonchev–Trinajstić information content (AvgIpc) is 2.99. The van der Waals surface area contributed by atoms with E-state index in [0.717, 1.165) is 21.3 Å². The molecule has 0 saturated carbocycles. The topological polar surface area (TPSA) is 80.5 Å². The minimum Gasteiger partial charge on any atom is -0.258 e. The Balaban J connectivity index is 2.49. The lowest BCUT2D eigenvalue weighted by atomic mass is 10.3. The molecule has 0 radical (unpaired) electrons. The quantitative estimate of drug-likeness (QED) is 0.421. The molecule has 0 N–H and O–H groups in total. The molecule has 1 aromatic heterocycles. The molecule has 0 fully saturated rings. The molecular weight excluding hydrogens is 360 g/mol. The van der Waals surface area contributed by atoms with Crippen LogP contribution in [0, 0.1) is 10.1 Å². The van der Waals surface area contributed by atoms with Gasteiger partial charge < -0.3 is 0 Å². The molecule has 0 saturated heterocycles. The Morgan fingerprint density at radius 2 is 2.13 bits per heavy atom. The number of hydrogen-bond acceptors (Lipinski definition) is 5. The second-order valence-corrected chi connectivity index (χ2v) is 7.91. The maximum absolute atomic E-state index is 12.8. The van der Waals surface area contributed by atoms with Crippen molar-refractivity contribution in [3.63, 3.8) is 0 Å². The molecule has 6 nitrogen and oxygen atoms in total. The van der Waals surface area contributed by atoms with Crippen LogP contribution in [0.4, 0.5) is 5.69 Å². The Hall–Kier alpha value is -1.74. The van der Waals surface area contributed by atoms with E-state index in [9.17, 15) is 18.5 Å². The summed E-state index contributed by atoms with van der Waals surface area (Å²) in [5, 5.41) is 13.1. The second-order valence-electron chi connectivity index (χ2n) is 4.53. The minimum atomic E-state index is -4.06. The van der Waals surface area contributed by atoms with Crippen molar-refractivity contribution in [3.8, 4) is 0 Å². The maximum atomic E-state index is 12.8. The lowest BCUT2D eigenvalue weighted by molar-refractivity contribution is -0.387. The summed E-state index contributed by atoms with van der Waals surface area (Å²) in [4.78, 5) is 10.9. The zero-order valence-electron chi connectivity index (χ0n) is 11.9. The molecule has 2 rings (SSSR count). The highest BCUT2D eigenvalue weighted by atomic mass is 35.5. The van der Waals surface area contributed by atoms with E-state index < -0.39 is 20.6 Å². The second kappa shape index (κ2) is 7.22. The highest BCUT2D eigenvalue weighted by Crippen LogP contribution is 2.30. The van der Waals surface area contributed by atoms with Crippen molar-refractivity contribution in [3.05, 3.63) is 68.4 Å². The van der Waals surface area contributed by atoms with Crippen LogP contribution in [0.25, 0.3) is 0 Å². The fraction of sp³-hybridized carbons (Fsp3) is 0.143. The summed E-state index contributed by atoms with van der Waals surface area (Å²) in [6, 6.07) is 7.11. The Morgan fingerprint density at radius 3 is 2.70 bits per heavy atom. The lowest BCUT2D eigenvalue weighted by Crippen LogP contribution is -2.31. The van der Waals surface area contributed by atoms with Crippen molar-refractivity contribution in [1.82, 2.24) is 4.31 Å². The molecule has 0 aliphatic heterocycles. The monoisotopic (exact) mass is 372 g/mol. The van der Waals surface area contributed by atoms with E-state index in [1.54, 1.807) is 6.07 Å². The molecule has 0 bridgehead atoms. The zero-order valence-corrected chi connectivity index (χ0v) is 14.3. The Morgan fingerprint density at radius 1 is 1.39 bits per heavy atom. The van der Waals surface area contributed by atoms with Crippen LogP contribution in [0.1, 0.15) is 4.88 Å². The predicted molar refractivity (Wildman–Crippen MR) is 90.2 cm³/mol. The summed E-state index contributed by atoms with van der Waals surface area (Å²) in [6.45, 7) is 3.71. The first-order valence-electron chi connectivity index (χ1n) is 6.43. The highest BCUT2D eigenvalue weighted by molar-refractivity contribution is 7.89. The standard InChI is InChI=1S/C14H13ClN2O4S2/c1-2-7-16(10-12-4-3-8-22-12)23(20,21)14-6-5-11(15)9-13(14)17(18)19/h2-6,8-9H,1,7,10H2. The molecule has 2 aromatic rings. The first kappa shape index (κ1) is 17.6. The highest BCUT2D eigenvalue weighted by Gasteiger charge is 2.31. The van der Waals surface area contributed by atoms with E-state index in [1.807, 2.05) is 11.4 Å². The van der Waals surface area contributed by atoms with Crippen LogP contribution in [0.2, 0.25) is 5.02 Å². The summed E-state index contributed by atoms with van der Waals surface area (Å²) in [5.41, 5.74) is -0.544. The first-order chi connectivity index (χ1) is 10.9. The molecule has 1 aromatic carbocycles. The predicted octanol–water partition coefficient (Wildman–Crippen LogP) is 3.69. The summed E-state index contributed by atoms with van der Waals surface area (Å²) >= 11 is 7.15. The van der Waals surface area contributed by atoms with Crippen LogP contribution >= 0.6 is 22.9 Å². The number of halogens is 1. The molecular formula is C14H13ClN2O4S2. The van der Waals surface area contributed by atoms with Gasteiger partial charge in [0.2, 0.25) is 0 Å². The molecule has 0 unspecified atom stereocenters. The van der Waals surface area contributed by atoms with Gasteiger partial charge in [0, 0.05) is 29.1 Å². The maximum Gasteiger partial charge on any atom is 0.290 e. The molecule has 1 heterocycles. The fourth-order valence-electron chi connectivity index (χ4n) is 1.96. The van der Waals surface area contributed by atoms with Gasteiger partial charge in [0.1, 0.15) is 0 Å². The number of nitrogens with zero attached hydrogens (tertiary/aromatic N) is 2. The van der Waals surface area contributed by atoms with Crippen molar-refractivity contribution in [1.29, 1.82) is 0 Å². The van der Waals surface area contributed by atoms with Crippen LogP contribution < -0.4 is 0 Å². The SMILES string of the molecule is C=CCN(Cc1cccs1)S(=O)(=O)c1ccc(Cl)cc1[N+](=O)[O-]. The smallest absolute Gasteiger partial charge is 0.258 e. The van der Waals surface area contributed by atoms with E-state index in [2.05, 4.69) is 6.58 Å². The molecule has 0 atom stereocenters. The fourth-order valence-corrected chi connectivity index (χ4v) is 4.45. The molecule has 0 amide bonds. The average molecular weight is 373 g/mol. The summed E-state index contributed by atoms with van der Waals surface area (Å²) < 4.78 is 26.8. The zero-order chi connectivity index (χ0) is 17.0. The van der Waals surface area contributed by atoms with Crippen LogP contribution in [0.5, 0.6) is 0 Å². The normalized spacial score (nSPS) is 11.6. The van der Waals surface area contributed by atoms with E-state index in [1.165, 1.54) is 23.5 Å². The van der Waals surface area contributed by atoms with Crippen LogP contribution in [0.15, 0.2) is 53.3 Å². The summed E-state index contributed by atoms with van der Waals surface area (Å²) in [5.74, 6) is 0. The first-order valence-corrected chi connectivity index (χ1v) is 9.13. The number of sulfonamides is 1. The van der Waals surface area contributed by atoms with Crippen LogP contribution in [-0.2, 0) is 16.6 Å². The van der Waals surface area contributed by atoms with Crippen molar-refractivity contribution < 1.29 is 13.3 Å². The third-order valence-corrected chi connectivity index (χ3v) is 5.94. The van der Waals surface area contributed by atoms with Gasteiger partial charge in [0.15, 0.2) is 4.90 Å². The van der Waals surface area contributed by atoms with Gasteiger partial charge in [0.25, 0.3) is 15.7 Å². The van der Waals surface area contributed by atoms with Crippen molar-refractivity contribution >= 4 is 38.6 Å². The van der Waals surface area contributed by atoms with Gasteiger partial charge in [-0.05, 0) is 23.6 Å². The number of nitro benzene ring substituents is 1. The number of thiophene rings is 1. The number of rotatable bonds is 7. The molecule has 23 heavy (non-hydrogen) atoms. The van der Waals surface area contributed by atoms with Crippen molar-refractivity contribution in [2.75, 3.05) is 6.54 Å². The molecule has 0 aliphatic rings. The number of nitro groups is 1. The van der Waals surface area contributed by atoms with Gasteiger partial charge in [-0.3, -0.25) is 10.1 Å². The van der Waals surface area contributed by atoms with Crippen molar-refractivity contribution in [2.24, 2.45) is 0 Å². The van der Waals surface area contributed by atoms with E-state index in [-0.39, 0.29) is 23.0 Å². The minimum absolute atomic E-state index is 0.0417. The van der Waals surface area contributed by atoms with E-state index >= 15 is 0 Å². The summed E-state index contributed by atoms with van der Waals surface area (Å²) in [7, 11) is -4.06. The lowest BCUT2D eigenvalue weighted by Gasteiger charge is -2.20. The number of benzene rings is 1. The number of hydrogen-bond donors (Lipinski definition) is 0. The molecule has 122 valence electrons. The third-order valence-electron chi connectivity index (χ3n) is 2.98. The Kier molecular flexibility index (Phi) is 5.53. The van der Waals surface area contributed by atoms with E-state index in [4.69, 9.17) is 11.6 Å². The van der Waals surface area contributed by atoms with Gasteiger partial charge in [-0.15, -0.1) is 17.9 Å². The molecule has 0 aliphatic carbocycles. The Bertz CT molecular complexity index is 819. The van der Waals surface area contributed by atoms with E-state index in [0.29, 0.717) is 0 Å². The Labute approximate surface area is 142 Å². The van der Waals surface area contributed by atoms with Gasteiger partial charge in [-0.1, -0.05) is 23.7 Å². The summed E-state index contributed by atoms with van der Waals surface area (Å²) in [6.07, 6.45) is 1.44. The van der Waals surface area contributed by atoms with Gasteiger partial charge in [-0.25, -0.2) is 8.42 Å².